The monoisotopic (exact) mass is 184 g/mol. The summed E-state index contributed by atoms with van der Waals surface area (Å²) in [6.07, 6.45) is 5.41. The van der Waals surface area contributed by atoms with Gasteiger partial charge in [-0.15, -0.1) is 0 Å². The van der Waals surface area contributed by atoms with Gasteiger partial charge in [-0.1, -0.05) is 31.2 Å². The van der Waals surface area contributed by atoms with Crippen LogP contribution in [-0.4, -0.2) is 0 Å². The third-order valence-corrected chi connectivity index (χ3v) is 2.83. The van der Waals surface area contributed by atoms with Gasteiger partial charge in [0.2, 0.25) is 0 Å². The minimum Gasteiger partial charge on any atom is -0.456 e. The first kappa shape index (κ1) is 7.86. The first-order chi connectivity index (χ1) is 6.84. The summed E-state index contributed by atoms with van der Waals surface area (Å²) in [4.78, 5) is 0. The van der Waals surface area contributed by atoms with Crippen LogP contribution in [0.25, 0.3) is 17.0 Å². The fraction of sp³-hybridized carbons (Fsp3) is 0.231. The first-order valence-electron chi connectivity index (χ1n) is 5.03. The Bertz CT molecular complexity index is 505. The molecular formula is C13H12O. The lowest BCUT2D eigenvalue weighted by Crippen LogP contribution is -2.00. The number of rotatable bonds is 0. The topological polar surface area (TPSA) is 13.1 Å². The molecule has 1 unspecified atom stereocenters. The standard InChI is InChI=1S/C13H12O/c1-9-6-7-13-11(8-9)10-4-2-3-5-12(10)14-13/h2-7,9H,8H2,1H3. The molecule has 0 saturated heterocycles. The van der Waals surface area contributed by atoms with E-state index in [9.17, 15) is 0 Å². The Kier molecular flexibility index (Phi) is 1.54. The Morgan fingerprint density at radius 1 is 1.29 bits per heavy atom. The minimum atomic E-state index is 0.628. The highest BCUT2D eigenvalue weighted by Gasteiger charge is 2.16. The maximum absolute atomic E-state index is 5.75. The van der Waals surface area contributed by atoms with Crippen LogP contribution in [-0.2, 0) is 6.42 Å². The lowest BCUT2D eigenvalue weighted by Gasteiger charge is -2.10. The summed E-state index contributed by atoms with van der Waals surface area (Å²) in [6, 6.07) is 8.27. The van der Waals surface area contributed by atoms with E-state index in [1.807, 2.05) is 12.1 Å². The average Bonchev–Trinajstić information content (AvgIpc) is 2.56. The molecule has 0 bridgehead atoms. The number of furan rings is 1. The molecule has 70 valence electrons. The summed E-state index contributed by atoms with van der Waals surface area (Å²) < 4.78 is 5.75. The second kappa shape index (κ2) is 2.74. The van der Waals surface area contributed by atoms with Gasteiger partial charge in [0.25, 0.3) is 0 Å². The molecule has 1 heteroatoms. The molecule has 1 heterocycles. The molecule has 0 saturated carbocycles. The summed E-state index contributed by atoms with van der Waals surface area (Å²) in [5, 5.41) is 1.28. The van der Waals surface area contributed by atoms with Crippen LogP contribution in [0.5, 0.6) is 0 Å². The van der Waals surface area contributed by atoms with Crippen molar-refractivity contribution in [1.82, 2.24) is 0 Å². The molecule has 2 aromatic rings. The number of fused-ring (bicyclic) bond motifs is 3. The zero-order valence-corrected chi connectivity index (χ0v) is 8.16. The maximum Gasteiger partial charge on any atom is 0.135 e. The molecular weight excluding hydrogens is 172 g/mol. The summed E-state index contributed by atoms with van der Waals surface area (Å²) in [5.74, 6) is 1.67. The maximum atomic E-state index is 5.75. The molecule has 14 heavy (non-hydrogen) atoms. The normalized spacial score (nSPS) is 19.9. The van der Waals surface area contributed by atoms with Crippen molar-refractivity contribution in [3.63, 3.8) is 0 Å². The number of allylic oxidation sites excluding steroid dienone is 1. The highest BCUT2D eigenvalue weighted by molar-refractivity contribution is 5.85. The smallest absolute Gasteiger partial charge is 0.135 e. The van der Waals surface area contributed by atoms with Gasteiger partial charge in [-0.05, 0) is 24.5 Å². The Labute approximate surface area is 83.0 Å². The fourth-order valence-corrected chi connectivity index (χ4v) is 2.10. The zero-order chi connectivity index (χ0) is 9.54. The van der Waals surface area contributed by atoms with E-state index in [1.165, 1.54) is 10.9 Å². The molecule has 0 fully saturated rings. The van der Waals surface area contributed by atoms with Gasteiger partial charge in [0.15, 0.2) is 0 Å². The van der Waals surface area contributed by atoms with Crippen LogP contribution >= 0.6 is 0 Å². The van der Waals surface area contributed by atoms with E-state index < -0.39 is 0 Å². The zero-order valence-electron chi connectivity index (χ0n) is 8.16. The van der Waals surface area contributed by atoms with Crippen LogP contribution in [0.4, 0.5) is 0 Å². The molecule has 0 spiro atoms. The van der Waals surface area contributed by atoms with Gasteiger partial charge < -0.3 is 4.42 Å². The van der Waals surface area contributed by atoms with E-state index in [-0.39, 0.29) is 0 Å². The molecule has 1 aliphatic rings. The number of hydrogen-bond acceptors (Lipinski definition) is 1. The Hall–Kier alpha value is -1.50. The van der Waals surface area contributed by atoms with Gasteiger partial charge in [0, 0.05) is 10.9 Å². The van der Waals surface area contributed by atoms with Crippen molar-refractivity contribution in [2.45, 2.75) is 13.3 Å². The number of hydrogen-bond donors (Lipinski definition) is 0. The van der Waals surface area contributed by atoms with E-state index >= 15 is 0 Å². The largest absolute Gasteiger partial charge is 0.456 e. The van der Waals surface area contributed by atoms with E-state index in [1.54, 1.807) is 0 Å². The van der Waals surface area contributed by atoms with Gasteiger partial charge in [-0.25, -0.2) is 0 Å². The highest BCUT2D eigenvalue weighted by atomic mass is 16.3. The van der Waals surface area contributed by atoms with Crippen molar-refractivity contribution in [1.29, 1.82) is 0 Å². The quantitative estimate of drug-likeness (QED) is 0.609. The summed E-state index contributed by atoms with van der Waals surface area (Å²) in [6.45, 7) is 2.24. The Morgan fingerprint density at radius 2 is 2.14 bits per heavy atom. The average molecular weight is 184 g/mol. The van der Waals surface area contributed by atoms with Crippen LogP contribution in [0.1, 0.15) is 18.2 Å². The third kappa shape index (κ3) is 1.02. The van der Waals surface area contributed by atoms with Crippen molar-refractivity contribution in [2.75, 3.05) is 0 Å². The van der Waals surface area contributed by atoms with Crippen molar-refractivity contribution in [3.05, 3.63) is 41.7 Å². The van der Waals surface area contributed by atoms with Crippen molar-refractivity contribution in [2.24, 2.45) is 5.92 Å². The predicted octanol–water partition coefficient (Wildman–Crippen LogP) is 3.64. The van der Waals surface area contributed by atoms with E-state index in [0.717, 1.165) is 17.8 Å². The van der Waals surface area contributed by atoms with Crippen LogP contribution in [0.2, 0.25) is 0 Å². The van der Waals surface area contributed by atoms with Crippen LogP contribution < -0.4 is 0 Å². The second-order valence-electron chi connectivity index (χ2n) is 3.98. The highest BCUT2D eigenvalue weighted by Crippen LogP contribution is 2.32. The molecule has 1 atom stereocenters. The summed E-state index contributed by atoms with van der Waals surface area (Å²) >= 11 is 0. The molecule has 0 amide bonds. The van der Waals surface area contributed by atoms with Crippen molar-refractivity contribution in [3.8, 4) is 0 Å². The molecule has 1 aromatic carbocycles. The second-order valence-corrected chi connectivity index (χ2v) is 3.98. The van der Waals surface area contributed by atoms with E-state index in [2.05, 4.69) is 31.2 Å². The van der Waals surface area contributed by atoms with Crippen LogP contribution in [0.15, 0.2) is 34.8 Å². The van der Waals surface area contributed by atoms with Crippen LogP contribution in [0, 0.1) is 5.92 Å². The first-order valence-corrected chi connectivity index (χ1v) is 5.03. The predicted molar refractivity (Wildman–Crippen MR) is 58.1 cm³/mol. The van der Waals surface area contributed by atoms with E-state index in [4.69, 9.17) is 4.42 Å². The lowest BCUT2D eigenvalue weighted by atomic mass is 9.93. The van der Waals surface area contributed by atoms with Crippen LogP contribution in [0.3, 0.4) is 0 Å². The molecule has 1 aromatic heterocycles. The Balaban J connectivity index is 2.32. The number of para-hydroxylation sites is 1. The van der Waals surface area contributed by atoms with Gasteiger partial charge in [0.1, 0.15) is 11.3 Å². The summed E-state index contributed by atoms with van der Waals surface area (Å²) in [5.41, 5.74) is 2.38. The fourth-order valence-electron chi connectivity index (χ4n) is 2.10. The van der Waals surface area contributed by atoms with E-state index in [0.29, 0.717) is 5.92 Å². The molecule has 1 nitrogen and oxygen atoms in total. The van der Waals surface area contributed by atoms with Gasteiger partial charge in [-0.2, -0.15) is 0 Å². The minimum absolute atomic E-state index is 0.628. The molecule has 0 radical (unpaired) electrons. The molecule has 0 N–H and O–H groups in total. The summed E-state index contributed by atoms with van der Waals surface area (Å²) in [7, 11) is 0. The van der Waals surface area contributed by atoms with Gasteiger partial charge >= 0.3 is 0 Å². The third-order valence-electron chi connectivity index (χ3n) is 2.83. The van der Waals surface area contributed by atoms with Gasteiger partial charge in [-0.3, -0.25) is 0 Å². The number of benzene rings is 1. The SMILES string of the molecule is CC1C=Cc2oc3ccccc3c2C1. The lowest BCUT2D eigenvalue weighted by molar-refractivity contribution is 0.584. The molecule has 1 aliphatic carbocycles. The molecule has 3 rings (SSSR count). The Morgan fingerprint density at radius 3 is 3.07 bits per heavy atom. The van der Waals surface area contributed by atoms with Crippen molar-refractivity contribution < 1.29 is 4.42 Å². The van der Waals surface area contributed by atoms with Gasteiger partial charge in [0.05, 0.1) is 0 Å². The molecule has 0 aliphatic heterocycles. The van der Waals surface area contributed by atoms with Crippen molar-refractivity contribution >= 4 is 17.0 Å².